The van der Waals surface area contributed by atoms with Gasteiger partial charge in [0.15, 0.2) is 5.78 Å². The van der Waals surface area contributed by atoms with Gasteiger partial charge in [-0.1, -0.05) is 36.4 Å². The van der Waals surface area contributed by atoms with E-state index in [-0.39, 0.29) is 23.8 Å². The van der Waals surface area contributed by atoms with E-state index in [2.05, 4.69) is 17.1 Å². The van der Waals surface area contributed by atoms with Crippen molar-refractivity contribution in [1.82, 2.24) is 4.98 Å². The van der Waals surface area contributed by atoms with Gasteiger partial charge in [-0.3, -0.25) is 19.6 Å². The second-order valence-electron chi connectivity index (χ2n) is 8.25. The molecular formula is C25H26N2O3. The lowest BCUT2D eigenvalue weighted by molar-refractivity contribution is -0.150. The number of hydrogen-bond acceptors (Lipinski definition) is 5. The number of carbonyl (C=O) groups excluding carboxylic acids is 2. The summed E-state index contributed by atoms with van der Waals surface area (Å²) in [6, 6.07) is 15.7. The van der Waals surface area contributed by atoms with Gasteiger partial charge in [-0.05, 0) is 50.8 Å². The van der Waals surface area contributed by atoms with E-state index in [1.807, 2.05) is 57.2 Å². The van der Waals surface area contributed by atoms with E-state index in [1.54, 1.807) is 6.20 Å². The zero-order valence-electron chi connectivity index (χ0n) is 17.5. The Labute approximate surface area is 176 Å². The van der Waals surface area contributed by atoms with Crippen LogP contribution in [0.2, 0.25) is 0 Å². The van der Waals surface area contributed by atoms with E-state index in [0.717, 1.165) is 11.3 Å². The van der Waals surface area contributed by atoms with Crippen molar-refractivity contribution in [2.24, 2.45) is 10.9 Å². The molecule has 2 heterocycles. The molecule has 0 spiro atoms. The number of allylic oxidation sites excluding steroid dienone is 2. The van der Waals surface area contributed by atoms with Gasteiger partial charge in [0.25, 0.3) is 0 Å². The first kappa shape index (κ1) is 20.2. The number of aromatic nitrogens is 1. The summed E-state index contributed by atoms with van der Waals surface area (Å²) >= 11 is 0. The maximum Gasteiger partial charge on any atom is 0.315 e. The number of Topliss-reactive ketones (excluding diaryl/α,β-unsaturated/α-hetero) is 1. The van der Waals surface area contributed by atoms with Crippen molar-refractivity contribution in [1.29, 1.82) is 0 Å². The van der Waals surface area contributed by atoms with Crippen LogP contribution < -0.4 is 0 Å². The average Bonchev–Trinajstić information content (AvgIpc) is 2.73. The van der Waals surface area contributed by atoms with Crippen molar-refractivity contribution >= 4 is 17.5 Å². The summed E-state index contributed by atoms with van der Waals surface area (Å²) in [7, 11) is 0. The van der Waals surface area contributed by atoms with Crippen LogP contribution in [0.4, 0.5) is 0 Å². The number of ketones is 1. The molecule has 1 aromatic heterocycles. The monoisotopic (exact) mass is 402 g/mol. The number of ether oxygens (including phenoxy) is 1. The standard InChI is InChI=1S/C25H26N2O3/c1-15(2)30-25(29)22-16(3)27-20-13-18(17-9-5-4-6-10-17)14-21(28)23(20)24(22)19-11-7-8-12-26-19/h4-12,15,18,22,24H,13-14H2,1-3H3/t18-,22?,24+/m1/s1. The van der Waals surface area contributed by atoms with Gasteiger partial charge >= 0.3 is 5.97 Å². The molecule has 154 valence electrons. The predicted octanol–water partition coefficient (Wildman–Crippen LogP) is 4.61. The minimum absolute atomic E-state index is 0.0411. The fourth-order valence-corrected chi connectivity index (χ4v) is 4.51. The third kappa shape index (κ3) is 3.84. The lowest BCUT2D eigenvalue weighted by atomic mass is 9.70. The van der Waals surface area contributed by atoms with Crippen molar-refractivity contribution in [2.45, 2.75) is 51.6 Å². The van der Waals surface area contributed by atoms with Crippen LogP contribution in [0.15, 0.2) is 71.0 Å². The molecule has 0 radical (unpaired) electrons. The zero-order chi connectivity index (χ0) is 21.3. The molecule has 0 bridgehead atoms. The molecule has 1 aliphatic heterocycles. The summed E-state index contributed by atoms with van der Waals surface area (Å²) in [4.78, 5) is 35.7. The maximum absolute atomic E-state index is 13.4. The van der Waals surface area contributed by atoms with Gasteiger partial charge in [0.1, 0.15) is 5.92 Å². The molecule has 5 nitrogen and oxygen atoms in total. The number of esters is 1. The molecule has 5 heteroatoms. The van der Waals surface area contributed by atoms with Crippen molar-refractivity contribution in [2.75, 3.05) is 0 Å². The van der Waals surface area contributed by atoms with Gasteiger partial charge in [0.2, 0.25) is 0 Å². The summed E-state index contributed by atoms with van der Waals surface area (Å²) in [5, 5.41) is 0. The molecule has 0 saturated heterocycles. The Balaban J connectivity index is 1.78. The third-order valence-corrected chi connectivity index (χ3v) is 5.77. The first-order chi connectivity index (χ1) is 14.5. The van der Waals surface area contributed by atoms with Crippen LogP contribution in [0.1, 0.15) is 56.7 Å². The van der Waals surface area contributed by atoms with E-state index < -0.39 is 11.8 Å². The van der Waals surface area contributed by atoms with Crippen LogP contribution in [0.3, 0.4) is 0 Å². The zero-order valence-corrected chi connectivity index (χ0v) is 17.5. The molecule has 2 aliphatic rings. The fourth-order valence-electron chi connectivity index (χ4n) is 4.51. The Morgan fingerprint density at radius 2 is 1.80 bits per heavy atom. The van der Waals surface area contributed by atoms with E-state index in [4.69, 9.17) is 9.73 Å². The van der Waals surface area contributed by atoms with Crippen LogP contribution in [-0.4, -0.2) is 28.6 Å². The van der Waals surface area contributed by atoms with Crippen molar-refractivity contribution in [3.63, 3.8) is 0 Å². The maximum atomic E-state index is 13.4. The number of carbonyl (C=O) groups is 2. The largest absolute Gasteiger partial charge is 0.462 e. The SMILES string of the molecule is CC1=NC2=C(C(=O)C[C@H](c3ccccc3)C2)[C@@H](c2ccccn2)C1C(=O)OC(C)C. The van der Waals surface area contributed by atoms with Crippen LogP contribution >= 0.6 is 0 Å². The lowest BCUT2D eigenvalue weighted by Gasteiger charge is -2.36. The Hall–Kier alpha value is -3.08. The molecule has 30 heavy (non-hydrogen) atoms. The molecular weight excluding hydrogens is 376 g/mol. The third-order valence-electron chi connectivity index (χ3n) is 5.77. The highest BCUT2D eigenvalue weighted by molar-refractivity contribution is 6.09. The normalized spacial score (nSPS) is 23.8. The number of benzene rings is 1. The van der Waals surface area contributed by atoms with Gasteiger partial charge in [-0.2, -0.15) is 0 Å². The van der Waals surface area contributed by atoms with E-state index in [0.29, 0.717) is 29.8 Å². The molecule has 1 unspecified atom stereocenters. The molecule has 4 rings (SSSR count). The highest BCUT2D eigenvalue weighted by Crippen LogP contribution is 2.46. The number of aliphatic imine (C=N–C) groups is 1. The predicted molar refractivity (Wildman–Crippen MR) is 115 cm³/mol. The molecule has 2 aromatic rings. The highest BCUT2D eigenvalue weighted by Gasteiger charge is 2.45. The summed E-state index contributed by atoms with van der Waals surface area (Å²) in [6.45, 7) is 5.50. The molecule has 0 fully saturated rings. The summed E-state index contributed by atoms with van der Waals surface area (Å²) in [5.41, 5.74) is 3.92. The van der Waals surface area contributed by atoms with Crippen molar-refractivity contribution in [3.8, 4) is 0 Å². The van der Waals surface area contributed by atoms with Crippen molar-refractivity contribution in [3.05, 3.63) is 77.3 Å². The minimum Gasteiger partial charge on any atom is -0.462 e. The Bertz CT molecular complexity index is 1010. The molecule has 1 aliphatic carbocycles. The van der Waals surface area contributed by atoms with Crippen LogP contribution in [0.5, 0.6) is 0 Å². The first-order valence-corrected chi connectivity index (χ1v) is 10.4. The molecule has 0 N–H and O–H groups in total. The highest BCUT2D eigenvalue weighted by atomic mass is 16.5. The average molecular weight is 402 g/mol. The van der Waals surface area contributed by atoms with E-state index >= 15 is 0 Å². The number of nitrogens with zero attached hydrogens (tertiary/aromatic N) is 2. The van der Waals surface area contributed by atoms with Crippen molar-refractivity contribution < 1.29 is 14.3 Å². The van der Waals surface area contributed by atoms with Crippen LogP contribution in [-0.2, 0) is 14.3 Å². The summed E-state index contributed by atoms with van der Waals surface area (Å²) < 4.78 is 5.54. The molecule has 1 aromatic carbocycles. The molecule has 3 atom stereocenters. The topological polar surface area (TPSA) is 68.6 Å². The molecule has 0 saturated carbocycles. The van der Waals surface area contributed by atoms with Gasteiger partial charge < -0.3 is 4.74 Å². The number of rotatable bonds is 4. The van der Waals surface area contributed by atoms with Gasteiger partial charge in [-0.25, -0.2) is 0 Å². The fraction of sp³-hybridized carbons (Fsp3) is 0.360. The first-order valence-electron chi connectivity index (χ1n) is 10.4. The number of pyridine rings is 1. The second-order valence-corrected chi connectivity index (χ2v) is 8.25. The Kier molecular flexibility index (Phi) is 5.62. The Morgan fingerprint density at radius 3 is 2.47 bits per heavy atom. The van der Waals surface area contributed by atoms with Crippen LogP contribution in [0.25, 0.3) is 0 Å². The minimum atomic E-state index is -0.640. The van der Waals surface area contributed by atoms with Gasteiger partial charge in [0, 0.05) is 35.3 Å². The van der Waals surface area contributed by atoms with E-state index in [1.165, 1.54) is 0 Å². The quantitative estimate of drug-likeness (QED) is 0.701. The smallest absolute Gasteiger partial charge is 0.315 e. The van der Waals surface area contributed by atoms with Gasteiger partial charge in [-0.15, -0.1) is 0 Å². The van der Waals surface area contributed by atoms with Crippen LogP contribution in [0, 0.1) is 5.92 Å². The summed E-state index contributed by atoms with van der Waals surface area (Å²) in [5.74, 6) is -1.32. The van der Waals surface area contributed by atoms with E-state index in [9.17, 15) is 9.59 Å². The van der Waals surface area contributed by atoms with Gasteiger partial charge in [0.05, 0.1) is 12.0 Å². The number of hydrogen-bond donors (Lipinski definition) is 0. The summed E-state index contributed by atoms with van der Waals surface area (Å²) in [6.07, 6.45) is 2.54. The Morgan fingerprint density at radius 1 is 1.07 bits per heavy atom. The lowest BCUT2D eigenvalue weighted by Crippen LogP contribution is -2.39. The second kappa shape index (κ2) is 8.34. The molecule has 0 amide bonds.